The summed E-state index contributed by atoms with van der Waals surface area (Å²) in [6.07, 6.45) is 7.14. The lowest BCUT2D eigenvalue weighted by atomic mass is 9.90. The monoisotopic (exact) mass is 435 g/mol. The van der Waals surface area contributed by atoms with Crippen LogP contribution < -0.4 is 10.1 Å². The van der Waals surface area contributed by atoms with E-state index in [0.29, 0.717) is 11.5 Å². The number of halogens is 3. The van der Waals surface area contributed by atoms with Gasteiger partial charge in [-0.1, -0.05) is 37.3 Å². The van der Waals surface area contributed by atoms with Gasteiger partial charge in [-0.2, -0.15) is 15.1 Å². The Morgan fingerprint density at radius 1 is 1.13 bits per heavy atom. The molecule has 9 heteroatoms. The van der Waals surface area contributed by atoms with Gasteiger partial charge < -0.3 is 4.74 Å². The Kier molecular flexibility index (Phi) is 6.15. The van der Waals surface area contributed by atoms with Gasteiger partial charge in [0.05, 0.1) is 11.3 Å². The van der Waals surface area contributed by atoms with Crippen LogP contribution in [0.2, 0.25) is 5.15 Å². The Morgan fingerprint density at radius 2 is 1.80 bits per heavy atom. The SMILES string of the molecule is CNC(C)Oc1cc(F)c(-c2c(Cl)nc3ncnn3c2C2CCCCCC2)c(F)c1. The van der Waals surface area contributed by atoms with Gasteiger partial charge in [0, 0.05) is 23.6 Å². The van der Waals surface area contributed by atoms with E-state index in [4.69, 9.17) is 16.3 Å². The second-order valence-corrected chi connectivity index (χ2v) is 7.99. The number of nitrogens with one attached hydrogen (secondary N) is 1. The van der Waals surface area contributed by atoms with E-state index in [1.54, 1.807) is 18.5 Å². The summed E-state index contributed by atoms with van der Waals surface area (Å²) in [7, 11) is 1.70. The summed E-state index contributed by atoms with van der Waals surface area (Å²) >= 11 is 6.48. The lowest BCUT2D eigenvalue weighted by Crippen LogP contribution is -2.27. The highest BCUT2D eigenvalue weighted by Gasteiger charge is 2.29. The third-order valence-electron chi connectivity index (χ3n) is 5.65. The van der Waals surface area contributed by atoms with E-state index in [-0.39, 0.29) is 27.9 Å². The predicted octanol–water partition coefficient (Wildman–Crippen LogP) is 5.10. The number of ether oxygens (including phenoxy) is 1. The van der Waals surface area contributed by atoms with Crippen molar-refractivity contribution in [2.45, 2.75) is 57.6 Å². The van der Waals surface area contributed by atoms with E-state index in [9.17, 15) is 0 Å². The fourth-order valence-corrected chi connectivity index (χ4v) is 4.38. The first kappa shape index (κ1) is 20.9. The normalized spacial score (nSPS) is 16.6. The minimum Gasteiger partial charge on any atom is -0.475 e. The van der Waals surface area contributed by atoms with Crippen molar-refractivity contribution in [2.24, 2.45) is 0 Å². The third-order valence-corrected chi connectivity index (χ3v) is 5.92. The van der Waals surface area contributed by atoms with Crippen LogP contribution in [0.5, 0.6) is 5.75 Å². The number of hydrogen-bond acceptors (Lipinski definition) is 5. The largest absolute Gasteiger partial charge is 0.475 e. The Labute approximate surface area is 178 Å². The van der Waals surface area contributed by atoms with Gasteiger partial charge >= 0.3 is 0 Å². The molecule has 0 aliphatic heterocycles. The molecule has 1 aliphatic rings. The lowest BCUT2D eigenvalue weighted by Gasteiger charge is -2.21. The molecule has 4 rings (SSSR count). The Balaban J connectivity index is 1.90. The van der Waals surface area contributed by atoms with Crippen LogP contribution in [0.25, 0.3) is 16.9 Å². The quantitative estimate of drug-likeness (QED) is 0.343. The van der Waals surface area contributed by atoms with Gasteiger partial charge in [-0.05, 0) is 26.8 Å². The van der Waals surface area contributed by atoms with Crippen LogP contribution in [0.15, 0.2) is 18.5 Å². The first-order valence-corrected chi connectivity index (χ1v) is 10.6. The minimum atomic E-state index is -0.758. The summed E-state index contributed by atoms with van der Waals surface area (Å²) in [6, 6.07) is 2.34. The van der Waals surface area contributed by atoms with Crippen molar-refractivity contribution in [3.8, 4) is 16.9 Å². The Morgan fingerprint density at radius 3 is 2.43 bits per heavy atom. The topological polar surface area (TPSA) is 64.3 Å². The van der Waals surface area contributed by atoms with Crippen LogP contribution in [0.1, 0.15) is 57.1 Å². The fraction of sp³-hybridized carbons (Fsp3) is 0.476. The van der Waals surface area contributed by atoms with E-state index in [2.05, 4.69) is 20.4 Å². The highest BCUT2D eigenvalue weighted by molar-refractivity contribution is 6.32. The molecule has 160 valence electrons. The maximum absolute atomic E-state index is 15.2. The number of hydrogen-bond donors (Lipinski definition) is 1. The van der Waals surface area contributed by atoms with Crippen LogP contribution in [-0.4, -0.2) is 32.9 Å². The van der Waals surface area contributed by atoms with Crippen LogP contribution >= 0.6 is 11.6 Å². The van der Waals surface area contributed by atoms with Crippen LogP contribution in [0, 0.1) is 11.6 Å². The van der Waals surface area contributed by atoms with Crippen molar-refractivity contribution in [3.05, 3.63) is 40.9 Å². The molecule has 1 aliphatic carbocycles. The minimum absolute atomic E-state index is 0.0183. The summed E-state index contributed by atoms with van der Waals surface area (Å²) in [5.41, 5.74) is 0.692. The number of benzene rings is 1. The second-order valence-electron chi connectivity index (χ2n) is 7.63. The molecule has 1 saturated carbocycles. The molecule has 2 heterocycles. The third kappa shape index (κ3) is 3.98. The average Bonchev–Trinajstić information content (AvgIpc) is 3.00. The zero-order valence-electron chi connectivity index (χ0n) is 17.0. The maximum atomic E-state index is 15.2. The molecule has 6 nitrogen and oxygen atoms in total. The molecule has 30 heavy (non-hydrogen) atoms. The number of nitrogens with zero attached hydrogens (tertiary/aromatic N) is 4. The highest BCUT2D eigenvalue weighted by Crippen LogP contribution is 2.42. The van der Waals surface area contributed by atoms with Crippen LogP contribution in [0.4, 0.5) is 8.78 Å². The average molecular weight is 436 g/mol. The van der Waals surface area contributed by atoms with Crippen molar-refractivity contribution in [1.29, 1.82) is 0 Å². The van der Waals surface area contributed by atoms with E-state index in [1.165, 1.54) is 18.5 Å². The first-order valence-electron chi connectivity index (χ1n) is 10.2. The molecule has 1 N–H and O–H groups in total. The molecule has 3 aromatic rings. The van der Waals surface area contributed by atoms with Crippen molar-refractivity contribution in [2.75, 3.05) is 7.05 Å². The summed E-state index contributed by atoms with van der Waals surface area (Å²) in [5.74, 6) is -1.03. The summed E-state index contributed by atoms with van der Waals surface area (Å²) < 4.78 is 37.5. The van der Waals surface area contributed by atoms with Gasteiger partial charge in [0.15, 0.2) is 0 Å². The maximum Gasteiger partial charge on any atom is 0.253 e. The van der Waals surface area contributed by atoms with Gasteiger partial charge in [0.1, 0.15) is 35.1 Å². The summed E-state index contributed by atoms with van der Waals surface area (Å²) in [6.45, 7) is 1.74. The molecule has 0 bridgehead atoms. The van der Waals surface area contributed by atoms with Gasteiger partial charge in [-0.3, -0.25) is 5.32 Å². The van der Waals surface area contributed by atoms with Crippen molar-refractivity contribution < 1.29 is 13.5 Å². The van der Waals surface area contributed by atoms with Crippen molar-refractivity contribution >= 4 is 17.4 Å². The molecule has 0 amide bonds. The van der Waals surface area contributed by atoms with E-state index < -0.39 is 17.9 Å². The smallest absolute Gasteiger partial charge is 0.253 e. The molecule has 2 aromatic heterocycles. The second kappa shape index (κ2) is 8.81. The van der Waals surface area contributed by atoms with Gasteiger partial charge in [-0.15, -0.1) is 0 Å². The molecule has 1 fully saturated rings. The highest BCUT2D eigenvalue weighted by atomic mass is 35.5. The van der Waals surface area contributed by atoms with Crippen LogP contribution in [-0.2, 0) is 0 Å². The molecule has 1 atom stereocenters. The predicted molar refractivity (Wildman–Crippen MR) is 111 cm³/mol. The molecule has 1 aromatic carbocycles. The number of aromatic nitrogens is 4. The number of fused-ring (bicyclic) bond motifs is 1. The number of rotatable bonds is 5. The molecule has 0 saturated heterocycles. The van der Waals surface area contributed by atoms with E-state index >= 15 is 8.78 Å². The van der Waals surface area contributed by atoms with E-state index in [0.717, 1.165) is 38.5 Å². The Hall–Kier alpha value is -2.32. The Bertz CT molecular complexity index is 1030. The summed E-state index contributed by atoms with van der Waals surface area (Å²) in [4.78, 5) is 8.37. The lowest BCUT2D eigenvalue weighted by molar-refractivity contribution is 0.192. The zero-order valence-corrected chi connectivity index (χ0v) is 17.7. The van der Waals surface area contributed by atoms with Gasteiger partial charge in [-0.25, -0.2) is 13.3 Å². The van der Waals surface area contributed by atoms with Gasteiger partial charge in [0.2, 0.25) is 0 Å². The van der Waals surface area contributed by atoms with Crippen molar-refractivity contribution in [3.63, 3.8) is 0 Å². The standard InChI is InChI=1S/C21H24ClF2N5O/c1-12(25-2)30-14-9-15(23)17(16(24)10-14)18-19(13-7-5-3-4-6-8-13)29-21(26-11-27-29)28-20(18)22/h9-13,25H,3-8H2,1-2H3. The molecule has 1 unspecified atom stereocenters. The van der Waals surface area contributed by atoms with Gasteiger partial charge in [0.25, 0.3) is 5.78 Å². The molecular formula is C21H24ClF2N5O. The molecule has 0 radical (unpaired) electrons. The molecule has 0 spiro atoms. The summed E-state index contributed by atoms with van der Waals surface area (Å²) in [5, 5.41) is 7.17. The van der Waals surface area contributed by atoms with E-state index in [1.807, 2.05) is 0 Å². The zero-order chi connectivity index (χ0) is 21.3. The first-order chi connectivity index (χ1) is 14.5. The fourth-order valence-electron chi connectivity index (χ4n) is 4.12. The molecular weight excluding hydrogens is 412 g/mol. The van der Waals surface area contributed by atoms with Crippen LogP contribution in [0.3, 0.4) is 0 Å². The van der Waals surface area contributed by atoms with Crippen molar-refractivity contribution in [1.82, 2.24) is 24.9 Å².